The number of hydrogen-bond acceptors (Lipinski definition) is 5. The zero-order valence-corrected chi connectivity index (χ0v) is 14.5. The number of esters is 1. The number of nitrogens with zero attached hydrogens (tertiary/aromatic N) is 1. The molecule has 0 aliphatic heterocycles. The van der Waals surface area contributed by atoms with E-state index in [1.54, 1.807) is 37.3 Å². The Labute approximate surface area is 147 Å². The first-order valence-corrected chi connectivity index (χ1v) is 8.10. The highest BCUT2D eigenvalue weighted by Crippen LogP contribution is 2.41. The molecule has 0 fully saturated rings. The molecule has 1 N–H and O–H groups in total. The Bertz CT molecular complexity index is 748. The minimum Gasteiger partial charge on any atom is -0.502 e. The Hall–Kier alpha value is -2.41. The Morgan fingerprint density at radius 2 is 2.00 bits per heavy atom. The van der Waals surface area contributed by atoms with E-state index in [4.69, 9.17) is 4.74 Å². The van der Waals surface area contributed by atoms with Crippen molar-refractivity contribution in [3.63, 3.8) is 0 Å². The molecular weight excluding hydrogens is 378 g/mol. The molecule has 0 bridgehead atoms. The molecule has 0 saturated heterocycles. The minimum absolute atomic E-state index is 0.0287. The quantitative estimate of drug-likeness (QED) is 0.452. The Balaban J connectivity index is 2.55. The molecule has 0 saturated carbocycles. The predicted octanol–water partition coefficient (Wildman–Crippen LogP) is 4.15. The van der Waals surface area contributed by atoms with Gasteiger partial charge in [-0.3, -0.25) is 14.9 Å². The van der Waals surface area contributed by atoms with Crippen molar-refractivity contribution >= 4 is 27.6 Å². The summed E-state index contributed by atoms with van der Waals surface area (Å²) in [5.74, 6) is -1.43. The van der Waals surface area contributed by atoms with E-state index in [0.29, 0.717) is 10.0 Å². The van der Waals surface area contributed by atoms with E-state index in [1.807, 2.05) is 6.07 Å². The van der Waals surface area contributed by atoms with Gasteiger partial charge in [0.2, 0.25) is 0 Å². The van der Waals surface area contributed by atoms with Gasteiger partial charge in [-0.25, -0.2) is 0 Å². The average molecular weight is 394 g/mol. The molecule has 0 aromatic heterocycles. The molecule has 0 aliphatic rings. The molecule has 6 nitrogen and oxygen atoms in total. The van der Waals surface area contributed by atoms with Crippen LogP contribution in [0.15, 0.2) is 46.9 Å². The highest BCUT2D eigenvalue weighted by molar-refractivity contribution is 9.10. The van der Waals surface area contributed by atoms with Crippen LogP contribution >= 0.6 is 15.9 Å². The molecule has 7 heteroatoms. The molecular formula is C17H16BrNO5. The summed E-state index contributed by atoms with van der Waals surface area (Å²) in [6.07, 6.45) is -0.0287. The summed E-state index contributed by atoms with van der Waals surface area (Å²) in [6, 6.07) is 11.8. The van der Waals surface area contributed by atoms with Crippen LogP contribution in [0, 0.1) is 10.1 Å². The summed E-state index contributed by atoms with van der Waals surface area (Å²) < 4.78 is 5.45. The Morgan fingerprint density at radius 3 is 2.58 bits per heavy atom. The van der Waals surface area contributed by atoms with Crippen LogP contribution in [0.5, 0.6) is 5.75 Å². The monoisotopic (exact) mass is 393 g/mol. The van der Waals surface area contributed by atoms with E-state index >= 15 is 0 Å². The fourth-order valence-electron chi connectivity index (χ4n) is 2.49. The number of halogens is 1. The maximum Gasteiger partial charge on any atom is 0.312 e. The normalized spacial score (nSPS) is 11.8. The van der Waals surface area contributed by atoms with Crippen molar-refractivity contribution in [2.24, 2.45) is 0 Å². The van der Waals surface area contributed by atoms with Crippen molar-refractivity contribution in [3.8, 4) is 5.75 Å². The van der Waals surface area contributed by atoms with Gasteiger partial charge in [0.25, 0.3) is 0 Å². The molecule has 0 amide bonds. The zero-order chi connectivity index (χ0) is 17.7. The smallest absolute Gasteiger partial charge is 0.312 e. The van der Waals surface area contributed by atoms with E-state index in [1.165, 1.54) is 6.07 Å². The van der Waals surface area contributed by atoms with Gasteiger partial charge in [-0.2, -0.15) is 0 Å². The summed E-state index contributed by atoms with van der Waals surface area (Å²) in [5, 5.41) is 21.5. The van der Waals surface area contributed by atoms with Gasteiger partial charge >= 0.3 is 11.7 Å². The number of nitro groups is 1. The summed E-state index contributed by atoms with van der Waals surface area (Å²) in [7, 11) is 0. The number of phenols is 1. The average Bonchev–Trinajstić information content (AvgIpc) is 2.55. The van der Waals surface area contributed by atoms with Crippen molar-refractivity contribution < 1.29 is 19.6 Å². The minimum atomic E-state index is -0.657. The lowest BCUT2D eigenvalue weighted by molar-refractivity contribution is -0.386. The van der Waals surface area contributed by atoms with E-state index in [9.17, 15) is 20.0 Å². The van der Waals surface area contributed by atoms with Crippen molar-refractivity contribution in [2.75, 3.05) is 6.61 Å². The summed E-state index contributed by atoms with van der Waals surface area (Å²) in [5.41, 5.74) is 0.646. The summed E-state index contributed by atoms with van der Waals surface area (Å²) in [6.45, 7) is 1.95. The van der Waals surface area contributed by atoms with Crippen LogP contribution in [0.1, 0.15) is 30.4 Å². The molecule has 0 spiro atoms. The van der Waals surface area contributed by atoms with Crippen LogP contribution in [-0.2, 0) is 9.53 Å². The van der Waals surface area contributed by atoms with Crippen LogP contribution in [0.3, 0.4) is 0 Å². The highest BCUT2D eigenvalue weighted by atomic mass is 79.9. The maximum absolute atomic E-state index is 12.0. The largest absolute Gasteiger partial charge is 0.502 e. The second-order valence-electron chi connectivity index (χ2n) is 5.09. The fourth-order valence-corrected chi connectivity index (χ4v) is 2.95. The summed E-state index contributed by atoms with van der Waals surface area (Å²) in [4.78, 5) is 22.5. The second kappa shape index (κ2) is 7.92. The fraction of sp³-hybridized carbons (Fsp3) is 0.235. The zero-order valence-electron chi connectivity index (χ0n) is 12.9. The van der Waals surface area contributed by atoms with E-state index < -0.39 is 28.2 Å². The molecule has 2 rings (SSSR count). The molecule has 0 unspecified atom stereocenters. The third kappa shape index (κ3) is 4.11. The van der Waals surface area contributed by atoms with E-state index in [0.717, 1.165) is 5.56 Å². The lowest BCUT2D eigenvalue weighted by Crippen LogP contribution is -2.12. The molecule has 0 radical (unpaired) electrons. The first kappa shape index (κ1) is 17.9. The second-order valence-corrected chi connectivity index (χ2v) is 6.01. The molecule has 0 heterocycles. The van der Waals surface area contributed by atoms with E-state index in [-0.39, 0.29) is 13.0 Å². The number of ether oxygens (including phenoxy) is 1. The van der Waals surface area contributed by atoms with Crippen LogP contribution in [0.4, 0.5) is 5.69 Å². The molecule has 2 aromatic rings. The SMILES string of the molecule is CCOC(=O)C[C@H](c1ccccc1)c1cc(Br)cc([N+](=O)[O-])c1O. The van der Waals surface area contributed by atoms with Gasteiger partial charge < -0.3 is 9.84 Å². The summed E-state index contributed by atoms with van der Waals surface area (Å²) >= 11 is 3.22. The van der Waals surface area contributed by atoms with Crippen LogP contribution in [0.25, 0.3) is 0 Å². The Kier molecular flexibility index (Phi) is 5.92. The number of benzene rings is 2. The lowest BCUT2D eigenvalue weighted by Gasteiger charge is -2.18. The molecule has 0 aliphatic carbocycles. The number of aromatic hydroxyl groups is 1. The van der Waals surface area contributed by atoms with E-state index in [2.05, 4.69) is 15.9 Å². The van der Waals surface area contributed by atoms with Gasteiger partial charge in [-0.1, -0.05) is 46.3 Å². The van der Waals surface area contributed by atoms with Gasteiger partial charge in [0.1, 0.15) is 0 Å². The van der Waals surface area contributed by atoms with Gasteiger partial charge in [-0.15, -0.1) is 0 Å². The molecule has 126 valence electrons. The number of nitro benzene ring substituents is 1. The highest BCUT2D eigenvalue weighted by Gasteiger charge is 2.27. The van der Waals surface area contributed by atoms with Crippen LogP contribution in [-0.4, -0.2) is 22.6 Å². The van der Waals surface area contributed by atoms with Crippen molar-refractivity contribution in [2.45, 2.75) is 19.3 Å². The van der Waals surface area contributed by atoms with Gasteiger partial charge in [0, 0.05) is 22.0 Å². The molecule has 24 heavy (non-hydrogen) atoms. The topological polar surface area (TPSA) is 89.7 Å². The maximum atomic E-state index is 12.0. The number of phenolic OH excluding ortho intramolecular Hbond substituents is 1. The third-order valence-corrected chi connectivity index (χ3v) is 3.99. The van der Waals surface area contributed by atoms with Crippen molar-refractivity contribution in [1.82, 2.24) is 0 Å². The third-order valence-electron chi connectivity index (χ3n) is 3.53. The first-order valence-electron chi connectivity index (χ1n) is 7.31. The first-order chi connectivity index (χ1) is 11.4. The lowest BCUT2D eigenvalue weighted by atomic mass is 9.87. The molecule has 1 atom stereocenters. The van der Waals surface area contributed by atoms with Gasteiger partial charge in [-0.05, 0) is 18.6 Å². The van der Waals surface area contributed by atoms with Gasteiger partial charge in [0.05, 0.1) is 18.0 Å². The van der Waals surface area contributed by atoms with Crippen molar-refractivity contribution in [1.29, 1.82) is 0 Å². The number of carbonyl (C=O) groups excluding carboxylic acids is 1. The number of rotatable bonds is 6. The van der Waals surface area contributed by atoms with Gasteiger partial charge in [0.15, 0.2) is 5.75 Å². The van der Waals surface area contributed by atoms with Crippen molar-refractivity contribution in [3.05, 3.63) is 68.2 Å². The predicted molar refractivity (Wildman–Crippen MR) is 92.0 cm³/mol. The number of carbonyl (C=O) groups is 1. The molecule has 2 aromatic carbocycles. The Morgan fingerprint density at radius 1 is 1.33 bits per heavy atom. The standard InChI is InChI=1S/C17H16BrNO5/c1-2-24-16(20)10-13(11-6-4-3-5-7-11)14-8-12(18)9-15(17(14)21)19(22)23/h3-9,13,21H,2,10H2,1H3/t13-/m1/s1. The van der Waals surface area contributed by atoms with Crippen LogP contribution < -0.4 is 0 Å². The number of hydrogen-bond donors (Lipinski definition) is 1. The van der Waals surface area contributed by atoms with Crippen LogP contribution in [0.2, 0.25) is 0 Å².